The van der Waals surface area contributed by atoms with Gasteiger partial charge in [0.05, 0.1) is 18.1 Å². The Bertz CT molecular complexity index is 987. The number of halogens is 4. The summed E-state index contributed by atoms with van der Waals surface area (Å²) in [4.78, 5) is 8.52. The second kappa shape index (κ2) is 7.90. The molecule has 0 aliphatic carbocycles. The average Bonchev–Trinajstić information content (AvgIpc) is 3.37. The highest BCUT2D eigenvalue weighted by Gasteiger charge is 2.48. The molecule has 1 aliphatic rings. The third kappa shape index (κ3) is 4.29. The van der Waals surface area contributed by atoms with Gasteiger partial charge in [-0.15, -0.1) is 0 Å². The first-order valence-corrected chi connectivity index (χ1v) is 8.96. The number of benzene rings is 1. The summed E-state index contributed by atoms with van der Waals surface area (Å²) in [5.41, 5.74) is 9.13. The minimum atomic E-state index is -4.42. The molecule has 0 spiro atoms. The molecule has 0 radical (unpaired) electrons. The normalized spacial score (nSPS) is 19.6. The van der Waals surface area contributed by atoms with Crippen LogP contribution in [0.5, 0.6) is 0 Å². The van der Waals surface area contributed by atoms with E-state index in [9.17, 15) is 17.6 Å². The van der Waals surface area contributed by atoms with Crippen molar-refractivity contribution in [1.82, 2.24) is 30.9 Å². The largest absolute Gasteiger partial charge is 0.407 e. The molecule has 152 valence electrons. The molecule has 1 fully saturated rings. The lowest BCUT2D eigenvalue weighted by Gasteiger charge is -2.21. The highest BCUT2D eigenvalue weighted by Crippen LogP contribution is 2.32. The Labute approximate surface area is 163 Å². The molecule has 0 amide bonds. The monoisotopic (exact) mass is 406 g/mol. The van der Waals surface area contributed by atoms with Crippen LogP contribution in [0.3, 0.4) is 0 Å². The van der Waals surface area contributed by atoms with Crippen molar-refractivity contribution >= 4 is 0 Å². The third-order valence-electron chi connectivity index (χ3n) is 4.78. The standard InChI is InChI=1S/C19H18F4N6/c20-14-4-2-1-3-12(14)6-8-29-10-16(25-11-29)15-9-13(5-7-24-15)17-18(19(21,22)23)27-28-26-17/h1-5,7,9-11,17-18,26-28H,6,8H2. The molecule has 2 unspecified atom stereocenters. The number of pyridine rings is 1. The van der Waals surface area contributed by atoms with Crippen LogP contribution in [0, 0.1) is 5.82 Å². The van der Waals surface area contributed by atoms with Crippen molar-refractivity contribution in [3.63, 3.8) is 0 Å². The van der Waals surface area contributed by atoms with Crippen LogP contribution in [-0.2, 0) is 13.0 Å². The van der Waals surface area contributed by atoms with Crippen molar-refractivity contribution in [2.75, 3.05) is 0 Å². The fraction of sp³-hybridized carbons (Fsp3) is 0.263. The fourth-order valence-electron chi connectivity index (χ4n) is 3.26. The summed E-state index contributed by atoms with van der Waals surface area (Å²) >= 11 is 0. The number of aryl methyl sites for hydroxylation is 2. The lowest BCUT2D eigenvalue weighted by Crippen LogP contribution is -2.43. The van der Waals surface area contributed by atoms with E-state index in [-0.39, 0.29) is 5.82 Å². The maximum atomic E-state index is 13.7. The first-order chi connectivity index (χ1) is 13.9. The van der Waals surface area contributed by atoms with Crippen LogP contribution in [-0.4, -0.2) is 26.8 Å². The lowest BCUT2D eigenvalue weighted by atomic mass is 10.0. The summed E-state index contributed by atoms with van der Waals surface area (Å²) in [7, 11) is 0. The van der Waals surface area contributed by atoms with Crippen molar-refractivity contribution in [3.05, 3.63) is 72.1 Å². The number of nitrogens with one attached hydrogen (secondary N) is 3. The SMILES string of the molecule is Fc1ccccc1CCn1cnc(-c2cc(C3NNNC3C(F)(F)F)ccn2)c1. The zero-order chi connectivity index (χ0) is 20.4. The van der Waals surface area contributed by atoms with E-state index < -0.39 is 18.3 Å². The molecular weight excluding hydrogens is 388 g/mol. The van der Waals surface area contributed by atoms with E-state index in [0.717, 1.165) is 0 Å². The number of imidazole rings is 1. The Kier molecular flexibility index (Phi) is 5.31. The Hall–Kier alpha value is -2.82. The van der Waals surface area contributed by atoms with Crippen LogP contribution in [0.4, 0.5) is 17.6 Å². The van der Waals surface area contributed by atoms with Crippen molar-refractivity contribution in [1.29, 1.82) is 0 Å². The van der Waals surface area contributed by atoms with Crippen molar-refractivity contribution < 1.29 is 17.6 Å². The van der Waals surface area contributed by atoms with E-state index in [0.29, 0.717) is 35.5 Å². The highest BCUT2D eigenvalue weighted by atomic mass is 19.4. The van der Waals surface area contributed by atoms with E-state index in [1.165, 1.54) is 18.3 Å². The van der Waals surface area contributed by atoms with E-state index in [1.54, 1.807) is 41.4 Å². The van der Waals surface area contributed by atoms with Gasteiger partial charge in [-0.1, -0.05) is 18.2 Å². The molecule has 0 saturated carbocycles. The number of rotatable bonds is 5. The van der Waals surface area contributed by atoms with Gasteiger partial charge in [0.25, 0.3) is 0 Å². The summed E-state index contributed by atoms with van der Waals surface area (Å²) in [6.45, 7) is 0.516. The Morgan fingerprint density at radius 2 is 1.86 bits per heavy atom. The Balaban J connectivity index is 1.50. The number of aromatic nitrogens is 3. The molecule has 2 atom stereocenters. The molecule has 3 heterocycles. The summed E-state index contributed by atoms with van der Waals surface area (Å²) in [6, 6.07) is 6.90. The van der Waals surface area contributed by atoms with Crippen LogP contribution in [0.1, 0.15) is 17.2 Å². The topological polar surface area (TPSA) is 66.8 Å². The molecule has 6 nitrogen and oxygen atoms in total. The predicted octanol–water partition coefficient (Wildman–Crippen LogP) is 2.91. The van der Waals surface area contributed by atoms with Gasteiger partial charge in [0.1, 0.15) is 17.6 Å². The molecule has 1 saturated heterocycles. The van der Waals surface area contributed by atoms with Crippen LogP contribution in [0.25, 0.3) is 11.4 Å². The predicted molar refractivity (Wildman–Crippen MR) is 97.6 cm³/mol. The summed E-state index contributed by atoms with van der Waals surface area (Å²) < 4.78 is 55.1. The summed E-state index contributed by atoms with van der Waals surface area (Å²) in [5, 5.41) is 0. The first kappa shape index (κ1) is 19.5. The zero-order valence-corrected chi connectivity index (χ0v) is 15.1. The van der Waals surface area contributed by atoms with Gasteiger partial charge >= 0.3 is 6.18 Å². The molecular formula is C19H18F4N6. The third-order valence-corrected chi connectivity index (χ3v) is 4.78. The maximum absolute atomic E-state index is 13.7. The second-order valence-corrected chi connectivity index (χ2v) is 6.72. The smallest absolute Gasteiger partial charge is 0.336 e. The number of nitrogens with zero attached hydrogens (tertiary/aromatic N) is 3. The highest BCUT2D eigenvalue weighted by molar-refractivity contribution is 5.54. The fourth-order valence-corrected chi connectivity index (χ4v) is 3.26. The Morgan fingerprint density at radius 3 is 2.66 bits per heavy atom. The van der Waals surface area contributed by atoms with E-state index in [2.05, 4.69) is 26.4 Å². The molecule has 10 heteroatoms. The number of hydrogen-bond acceptors (Lipinski definition) is 5. The van der Waals surface area contributed by atoms with Gasteiger partial charge in [-0.25, -0.2) is 20.2 Å². The molecule has 3 aromatic rings. The van der Waals surface area contributed by atoms with Crippen LogP contribution in [0.2, 0.25) is 0 Å². The van der Waals surface area contributed by atoms with E-state index >= 15 is 0 Å². The summed E-state index contributed by atoms with van der Waals surface area (Å²) in [5.74, 6) is -0.257. The quantitative estimate of drug-likeness (QED) is 0.569. The van der Waals surface area contributed by atoms with Gasteiger partial charge in [0.2, 0.25) is 0 Å². The van der Waals surface area contributed by atoms with Crippen LogP contribution >= 0.6 is 0 Å². The molecule has 3 N–H and O–H groups in total. The number of hydrazine groups is 2. The van der Waals surface area contributed by atoms with Crippen LogP contribution < -0.4 is 16.4 Å². The molecule has 29 heavy (non-hydrogen) atoms. The average molecular weight is 406 g/mol. The minimum absolute atomic E-state index is 0.257. The Morgan fingerprint density at radius 1 is 1.03 bits per heavy atom. The molecule has 4 rings (SSSR count). The first-order valence-electron chi connectivity index (χ1n) is 8.96. The second-order valence-electron chi connectivity index (χ2n) is 6.72. The van der Waals surface area contributed by atoms with Gasteiger partial charge < -0.3 is 4.57 Å². The maximum Gasteiger partial charge on any atom is 0.407 e. The summed E-state index contributed by atoms with van der Waals surface area (Å²) in [6.07, 6.45) is 0.870. The molecule has 2 aromatic heterocycles. The van der Waals surface area contributed by atoms with E-state index in [1.807, 2.05) is 0 Å². The van der Waals surface area contributed by atoms with Gasteiger partial charge in [-0.3, -0.25) is 4.98 Å². The molecule has 0 bridgehead atoms. The molecule has 1 aromatic carbocycles. The van der Waals surface area contributed by atoms with Crippen molar-refractivity contribution in [2.24, 2.45) is 0 Å². The lowest BCUT2D eigenvalue weighted by molar-refractivity contribution is -0.156. The minimum Gasteiger partial charge on any atom is -0.336 e. The van der Waals surface area contributed by atoms with Gasteiger partial charge in [-0.2, -0.15) is 18.7 Å². The van der Waals surface area contributed by atoms with Gasteiger partial charge in [-0.05, 0) is 35.7 Å². The van der Waals surface area contributed by atoms with E-state index in [4.69, 9.17) is 0 Å². The zero-order valence-electron chi connectivity index (χ0n) is 15.1. The van der Waals surface area contributed by atoms with Crippen LogP contribution in [0.15, 0.2) is 55.1 Å². The van der Waals surface area contributed by atoms with Gasteiger partial charge in [0, 0.05) is 18.9 Å². The molecule has 1 aliphatic heterocycles. The number of hydrogen-bond donors (Lipinski definition) is 3. The van der Waals surface area contributed by atoms with Crippen molar-refractivity contribution in [2.45, 2.75) is 31.2 Å². The van der Waals surface area contributed by atoms with Gasteiger partial charge in [0.15, 0.2) is 0 Å². The van der Waals surface area contributed by atoms with Crippen molar-refractivity contribution in [3.8, 4) is 11.4 Å². The number of alkyl halides is 3.